The van der Waals surface area contributed by atoms with Gasteiger partial charge in [-0.1, -0.05) is 95.0 Å². The lowest BCUT2D eigenvalue weighted by Crippen LogP contribution is -2.27. The fourth-order valence-electron chi connectivity index (χ4n) is 6.70. The van der Waals surface area contributed by atoms with Crippen molar-refractivity contribution in [2.75, 3.05) is 38.0 Å². The highest BCUT2D eigenvalue weighted by Gasteiger charge is 2.34. The molecule has 0 amide bonds. The summed E-state index contributed by atoms with van der Waals surface area (Å²) in [5.74, 6) is 0. The molecule has 196 valence electrons. The summed E-state index contributed by atoms with van der Waals surface area (Å²) in [6.45, 7) is 0. The molecule has 0 heterocycles. The van der Waals surface area contributed by atoms with Crippen LogP contribution in [0.15, 0.2) is 66.7 Å². The van der Waals surface area contributed by atoms with Crippen molar-refractivity contribution >= 4 is 24.6 Å². The third kappa shape index (κ3) is 5.75. The van der Waals surface area contributed by atoms with E-state index in [0.717, 1.165) is 11.3 Å². The smallest absolute Gasteiger partial charge is 0.0447 e. The average Bonchev–Trinajstić information content (AvgIpc) is 2.94. The minimum atomic E-state index is -0.188. The van der Waals surface area contributed by atoms with Crippen molar-refractivity contribution < 1.29 is 0 Å². The largest absolute Gasteiger partial charge is 0.378 e. The third-order valence-electron chi connectivity index (χ3n) is 8.61. The van der Waals surface area contributed by atoms with Gasteiger partial charge in [0.15, 0.2) is 0 Å². The van der Waals surface area contributed by atoms with Gasteiger partial charge in [-0.2, -0.15) is 0 Å². The average molecular weight is 513 g/mol. The molecule has 3 aromatic carbocycles. The summed E-state index contributed by atoms with van der Waals surface area (Å²) in [6, 6.07) is 25.6. The highest BCUT2D eigenvalue weighted by Crippen LogP contribution is 2.57. The Bertz CT molecular complexity index is 1140. The Morgan fingerprint density at radius 1 is 0.568 bits per heavy atom. The monoisotopic (exact) mass is 512 g/mol. The summed E-state index contributed by atoms with van der Waals surface area (Å²) < 4.78 is 0. The van der Waals surface area contributed by atoms with E-state index in [0.29, 0.717) is 0 Å². The van der Waals surface area contributed by atoms with Crippen molar-refractivity contribution in [3.8, 4) is 22.3 Å². The van der Waals surface area contributed by atoms with Crippen molar-refractivity contribution in [1.29, 1.82) is 0 Å². The quantitative estimate of drug-likeness (QED) is 0.292. The Labute approximate surface area is 226 Å². The van der Waals surface area contributed by atoms with Gasteiger partial charge in [0.2, 0.25) is 0 Å². The van der Waals surface area contributed by atoms with E-state index in [9.17, 15) is 0 Å². The summed E-state index contributed by atoms with van der Waals surface area (Å²) in [5.41, 5.74) is 9.91. The van der Waals surface area contributed by atoms with E-state index >= 15 is 0 Å². The lowest BCUT2D eigenvalue weighted by atomic mass is 9.92. The maximum atomic E-state index is 2.52. The number of nitrogens with zero attached hydrogens (tertiary/aromatic N) is 2. The zero-order valence-corrected chi connectivity index (χ0v) is 24.3. The lowest BCUT2D eigenvalue weighted by Gasteiger charge is -2.40. The first-order chi connectivity index (χ1) is 18.0. The van der Waals surface area contributed by atoms with Crippen LogP contribution in [0.25, 0.3) is 22.3 Å². The Balaban J connectivity index is 1.67. The van der Waals surface area contributed by atoms with Crippen LogP contribution in [0.1, 0.15) is 64.2 Å². The van der Waals surface area contributed by atoms with Gasteiger partial charge < -0.3 is 9.80 Å². The molecule has 3 aromatic rings. The Morgan fingerprint density at radius 2 is 1.14 bits per heavy atom. The molecule has 0 unspecified atom stereocenters. The van der Waals surface area contributed by atoms with E-state index in [2.05, 4.69) is 105 Å². The van der Waals surface area contributed by atoms with Gasteiger partial charge in [0.1, 0.15) is 0 Å². The van der Waals surface area contributed by atoms with Gasteiger partial charge in [0.05, 0.1) is 0 Å². The number of hydrogen-bond acceptors (Lipinski definition) is 2. The molecular formula is C34H45N2P. The number of benzene rings is 3. The van der Waals surface area contributed by atoms with Crippen LogP contribution in [0.4, 0.5) is 11.4 Å². The van der Waals surface area contributed by atoms with Crippen molar-refractivity contribution in [1.82, 2.24) is 0 Å². The number of hydrogen-bond donors (Lipinski definition) is 0. The highest BCUT2D eigenvalue weighted by atomic mass is 31.1. The topological polar surface area (TPSA) is 6.48 Å². The molecule has 2 aliphatic carbocycles. The number of anilines is 2. The summed E-state index contributed by atoms with van der Waals surface area (Å²) in [6.07, 6.45) is 14.3. The molecule has 5 rings (SSSR count). The summed E-state index contributed by atoms with van der Waals surface area (Å²) in [7, 11) is 8.44. The van der Waals surface area contributed by atoms with Gasteiger partial charge in [0.25, 0.3) is 0 Å². The van der Waals surface area contributed by atoms with E-state index < -0.39 is 0 Å². The molecule has 0 atom stereocenters. The van der Waals surface area contributed by atoms with Crippen LogP contribution in [0, 0.1) is 0 Å². The number of rotatable bonds is 7. The van der Waals surface area contributed by atoms with Gasteiger partial charge in [-0.15, -0.1) is 0 Å². The van der Waals surface area contributed by atoms with E-state index in [4.69, 9.17) is 0 Å². The summed E-state index contributed by atoms with van der Waals surface area (Å²) in [5, 5.41) is 1.68. The normalized spacial score (nSPS) is 17.2. The van der Waals surface area contributed by atoms with E-state index in [-0.39, 0.29) is 7.92 Å². The van der Waals surface area contributed by atoms with Crippen LogP contribution in [0.5, 0.6) is 0 Å². The predicted octanol–water partition coefficient (Wildman–Crippen LogP) is 8.93. The molecule has 0 aliphatic heterocycles. The van der Waals surface area contributed by atoms with E-state index in [1.165, 1.54) is 97.8 Å². The standard InChI is InChI=1S/C34H45N2P/c1-35(2)27-24-22-26(23-25-27)30-19-13-20-32(36(3)4)34(30)31-18-11-12-21-33(31)37(28-14-7-5-8-15-28)29-16-9-6-10-17-29/h11-13,18-25,28-29H,5-10,14-17H2,1-4H3. The van der Waals surface area contributed by atoms with Gasteiger partial charge in [0, 0.05) is 45.1 Å². The second-order valence-electron chi connectivity index (χ2n) is 11.5. The molecule has 0 N–H and O–H groups in total. The van der Waals surface area contributed by atoms with Crippen molar-refractivity contribution in [2.45, 2.75) is 75.5 Å². The van der Waals surface area contributed by atoms with Crippen LogP contribution in [0.3, 0.4) is 0 Å². The molecule has 0 saturated heterocycles. The molecule has 2 saturated carbocycles. The highest BCUT2D eigenvalue weighted by molar-refractivity contribution is 7.67. The van der Waals surface area contributed by atoms with Crippen LogP contribution in [-0.4, -0.2) is 39.5 Å². The third-order valence-corrected chi connectivity index (χ3v) is 12.2. The fraction of sp³-hybridized carbons (Fsp3) is 0.471. The molecule has 0 radical (unpaired) electrons. The van der Waals surface area contributed by atoms with E-state index in [1.54, 1.807) is 5.30 Å². The zero-order chi connectivity index (χ0) is 25.8. The first kappa shape index (κ1) is 26.3. The molecule has 0 bridgehead atoms. The second kappa shape index (κ2) is 12.0. The second-order valence-corrected chi connectivity index (χ2v) is 14.3. The molecule has 2 fully saturated rings. The van der Waals surface area contributed by atoms with Crippen LogP contribution >= 0.6 is 7.92 Å². The maximum absolute atomic E-state index is 2.52. The van der Waals surface area contributed by atoms with Gasteiger partial charge in [-0.25, -0.2) is 0 Å². The molecule has 0 spiro atoms. The SMILES string of the molecule is CN(C)c1ccc(-c2cccc(N(C)C)c2-c2ccccc2P(C2CCCCC2)C2CCCCC2)cc1. The van der Waals surface area contributed by atoms with Crippen molar-refractivity contribution in [3.05, 3.63) is 66.7 Å². The molecule has 2 nitrogen and oxygen atoms in total. The zero-order valence-electron chi connectivity index (χ0n) is 23.4. The predicted molar refractivity (Wildman–Crippen MR) is 166 cm³/mol. The first-order valence-electron chi connectivity index (χ1n) is 14.5. The van der Waals surface area contributed by atoms with Crippen LogP contribution in [-0.2, 0) is 0 Å². The van der Waals surface area contributed by atoms with Crippen LogP contribution in [0.2, 0.25) is 0 Å². The van der Waals surface area contributed by atoms with Gasteiger partial charge in [-0.05, 0) is 77.2 Å². The fourth-order valence-corrected chi connectivity index (χ4v) is 10.6. The minimum absolute atomic E-state index is 0.188. The Kier molecular flexibility index (Phi) is 8.56. The van der Waals surface area contributed by atoms with Crippen molar-refractivity contribution in [2.24, 2.45) is 0 Å². The minimum Gasteiger partial charge on any atom is -0.378 e. The molecule has 3 heteroatoms. The van der Waals surface area contributed by atoms with Gasteiger partial charge in [-0.3, -0.25) is 0 Å². The molecule has 37 heavy (non-hydrogen) atoms. The van der Waals surface area contributed by atoms with Crippen LogP contribution < -0.4 is 15.1 Å². The summed E-state index contributed by atoms with van der Waals surface area (Å²) >= 11 is 0. The molecular weight excluding hydrogens is 467 g/mol. The van der Waals surface area contributed by atoms with E-state index in [1.807, 2.05) is 0 Å². The molecule has 2 aliphatic rings. The Hall–Kier alpha value is -2.31. The maximum Gasteiger partial charge on any atom is 0.0447 e. The lowest BCUT2D eigenvalue weighted by molar-refractivity contribution is 0.487. The molecule has 0 aromatic heterocycles. The summed E-state index contributed by atoms with van der Waals surface area (Å²) in [4.78, 5) is 4.49. The Morgan fingerprint density at radius 3 is 1.70 bits per heavy atom. The van der Waals surface area contributed by atoms with Crippen molar-refractivity contribution in [3.63, 3.8) is 0 Å². The first-order valence-corrected chi connectivity index (χ1v) is 16.0. The van der Waals surface area contributed by atoms with Gasteiger partial charge >= 0.3 is 0 Å².